The van der Waals surface area contributed by atoms with Crippen LogP contribution >= 0.6 is 0 Å². The zero-order valence-electron chi connectivity index (χ0n) is 15.2. The number of aromatic nitrogens is 1. The van der Waals surface area contributed by atoms with Crippen molar-refractivity contribution in [3.8, 4) is 0 Å². The van der Waals surface area contributed by atoms with Crippen molar-refractivity contribution >= 4 is 26.7 Å². The SMILES string of the molecule is NS(=O)(=O)c1cccc2c(C(=O)N3CCN(C4CCCC4)CC3)nccc12. The summed E-state index contributed by atoms with van der Waals surface area (Å²) < 4.78 is 23.7. The average Bonchev–Trinajstić information content (AvgIpc) is 3.20. The number of sulfonamides is 1. The standard InChI is InChI=1S/C19H24N4O3S/c20-27(25,26)17-7-3-6-16-15(17)8-9-21-18(16)19(24)23-12-10-22(11-13-23)14-4-1-2-5-14/h3,6-9,14H,1-2,4-5,10-13H2,(H2,20,25,26). The largest absolute Gasteiger partial charge is 0.335 e. The Labute approximate surface area is 159 Å². The fourth-order valence-electron chi connectivity index (χ4n) is 4.31. The number of carbonyl (C=O) groups excluding carboxylic acids is 1. The van der Waals surface area contributed by atoms with E-state index in [2.05, 4.69) is 9.88 Å². The van der Waals surface area contributed by atoms with Crippen LogP contribution in [0.4, 0.5) is 0 Å². The van der Waals surface area contributed by atoms with E-state index in [1.807, 2.05) is 4.90 Å². The smallest absolute Gasteiger partial charge is 0.273 e. The summed E-state index contributed by atoms with van der Waals surface area (Å²) in [6.07, 6.45) is 6.59. The summed E-state index contributed by atoms with van der Waals surface area (Å²) in [5, 5.41) is 6.27. The molecular weight excluding hydrogens is 364 g/mol. The lowest BCUT2D eigenvalue weighted by molar-refractivity contribution is 0.0570. The van der Waals surface area contributed by atoms with E-state index in [4.69, 9.17) is 5.14 Å². The zero-order valence-corrected chi connectivity index (χ0v) is 16.0. The minimum absolute atomic E-state index is 0.0162. The van der Waals surface area contributed by atoms with Crippen molar-refractivity contribution in [3.05, 3.63) is 36.2 Å². The summed E-state index contributed by atoms with van der Waals surface area (Å²) in [4.78, 5) is 21.7. The lowest BCUT2D eigenvalue weighted by Gasteiger charge is -2.38. The molecule has 0 unspecified atom stereocenters. The summed E-state index contributed by atoms with van der Waals surface area (Å²) in [5.74, 6) is -0.154. The lowest BCUT2D eigenvalue weighted by atomic mass is 10.1. The quantitative estimate of drug-likeness (QED) is 0.861. The molecule has 144 valence electrons. The number of hydrogen-bond acceptors (Lipinski definition) is 5. The van der Waals surface area contributed by atoms with Gasteiger partial charge >= 0.3 is 0 Å². The monoisotopic (exact) mass is 388 g/mol. The van der Waals surface area contributed by atoms with Gasteiger partial charge in [-0.1, -0.05) is 25.0 Å². The maximum atomic E-state index is 13.1. The van der Waals surface area contributed by atoms with Gasteiger partial charge in [0.25, 0.3) is 5.91 Å². The molecule has 1 amide bonds. The van der Waals surface area contributed by atoms with Crippen molar-refractivity contribution in [3.63, 3.8) is 0 Å². The van der Waals surface area contributed by atoms with Crippen molar-refractivity contribution in [2.24, 2.45) is 5.14 Å². The molecule has 4 rings (SSSR count). The van der Waals surface area contributed by atoms with Gasteiger partial charge in [-0.3, -0.25) is 14.7 Å². The van der Waals surface area contributed by atoms with Crippen LogP contribution in [0.25, 0.3) is 10.8 Å². The molecule has 1 aliphatic heterocycles. The molecule has 8 heteroatoms. The molecule has 0 radical (unpaired) electrons. The van der Waals surface area contributed by atoms with Crippen LogP contribution in [0, 0.1) is 0 Å². The molecule has 2 aliphatic rings. The fraction of sp³-hybridized carbons (Fsp3) is 0.474. The molecule has 2 heterocycles. The van der Waals surface area contributed by atoms with Crippen LogP contribution in [-0.2, 0) is 10.0 Å². The maximum Gasteiger partial charge on any atom is 0.273 e. The molecule has 2 aromatic rings. The van der Waals surface area contributed by atoms with Crippen LogP contribution in [0.2, 0.25) is 0 Å². The van der Waals surface area contributed by atoms with Crippen molar-refractivity contribution in [1.29, 1.82) is 0 Å². The second-order valence-electron chi connectivity index (χ2n) is 7.32. The number of nitrogens with zero attached hydrogens (tertiary/aromatic N) is 3. The second kappa shape index (κ2) is 7.18. The summed E-state index contributed by atoms with van der Waals surface area (Å²) in [5.41, 5.74) is 0.285. The van der Waals surface area contributed by atoms with Gasteiger partial charge in [0, 0.05) is 49.2 Å². The number of fused-ring (bicyclic) bond motifs is 1. The van der Waals surface area contributed by atoms with Crippen LogP contribution in [0.3, 0.4) is 0 Å². The predicted octanol–water partition coefficient (Wildman–Crippen LogP) is 1.58. The number of pyridine rings is 1. The summed E-state index contributed by atoms with van der Waals surface area (Å²) in [6, 6.07) is 7.02. The molecule has 1 aromatic heterocycles. The first-order valence-corrected chi connectivity index (χ1v) is 10.9. The molecule has 1 saturated heterocycles. The van der Waals surface area contributed by atoms with E-state index in [-0.39, 0.29) is 16.5 Å². The van der Waals surface area contributed by atoms with Gasteiger partial charge in [-0.25, -0.2) is 13.6 Å². The van der Waals surface area contributed by atoms with Gasteiger partial charge in [-0.15, -0.1) is 0 Å². The van der Waals surface area contributed by atoms with Crippen molar-refractivity contribution in [2.45, 2.75) is 36.6 Å². The van der Waals surface area contributed by atoms with Gasteiger partial charge in [0.15, 0.2) is 0 Å². The highest BCUT2D eigenvalue weighted by molar-refractivity contribution is 7.89. The molecule has 1 aliphatic carbocycles. The maximum absolute atomic E-state index is 13.1. The summed E-state index contributed by atoms with van der Waals surface area (Å²) >= 11 is 0. The van der Waals surface area contributed by atoms with Gasteiger partial charge in [0.1, 0.15) is 5.69 Å². The predicted molar refractivity (Wildman–Crippen MR) is 103 cm³/mol. The van der Waals surface area contributed by atoms with Gasteiger partial charge in [-0.2, -0.15) is 0 Å². The van der Waals surface area contributed by atoms with E-state index >= 15 is 0 Å². The highest BCUT2D eigenvalue weighted by Crippen LogP contribution is 2.26. The van der Waals surface area contributed by atoms with E-state index in [0.717, 1.165) is 13.1 Å². The number of nitrogens with two attached hydrogens (primary N) is 1. The van der Waals surface area contributed by atoms with Crippen LogP contribution in [0.1, 0.15) is 36.2 Å². The number of piperazine rings is 1. The summed E-state index contributed by atoms with van der Waals surface area (Å²) in [6.45, 7) is 3.10. The topological polar surface area (TPSA) is 96.6 Å². The van der Waals surface area contributed by atoms with E-state index in [9.17, 15) is 13.2 Å². The Bertz CT molecular complexity index is 962. The third-order valence-electron chi connectivity index (χ3n) is 5.72. The highest BCUT2D eigenvalue weighted by Gasteiger charge is 2.29. The Hall–Kier alpha value is -2.03. The third kappa shape index (κ3) is 3.56. The Morgan fingerprint density at radius 1 is 1.04 bits per heavy atom. The van der Waals surface area contributed by atoms with E-state index in [1.165, 1.54) is 37.9 Å². The van der Waals surface area contributed by atoms with Gasteiger partial charge in [0.05, 0.1) is 4.90 Å². The molecule has 0 atom stereocenters. The van der Waals surface area contributed by atoms with Crippen LogP contribution in [-0.4, -0.2) is 61.3 Å². The Morgan fingerprint density at radius 2 is 1.74 bits per heavy atom. The molecule has 7 nitrogen and oxygen atoms in total. The van der Waals surface area contributed by atoms with Gasteiger partial charge in [0.2, 0.25) is 10.0 Å². The first kappa shape index (κ1) is 18.3. The van der Waals surface area contributed by atoms with E-state index in [0.29, 0.717) is 29.9 Å². The van der Waals surface area contributed by atoms with Crippen molar-refractivity contribution in [1.82, 2.24) is 14.8 Å². The average molecular weight is 388 g/mol. The first-order chi connectivity index (χ1) is 12.9. The van der Waals surface area contributed by atoms with E-state index < -0.39 is 10.0 Å². The van der Waals surface area contributed by atoms with Crippen molar-refractivity contribution < 1.29 is 13.2 Å². The Balaban J connectivity index is 1.58. The van der Waals surface area contributed by atoms with E-state index in [1.54, 1.807) is 18.2 Å². The van der Waals surface area contributed by atoms with Crippen LogP contribution < -0.4 is 5.14 Å². The van der Waals surface area contributed by atoms with Gasteiger partial charge < -0.3 is 4.90 Å². The third-order valence-corrected chi connectivity index (χ3v) is 6.69. The van der Waals surface area contributed by atoms with Crippen LogP contribution in [0.5, 0.6) is 0 Å². The number of hydrogen-bond donors (Lipinski definition) is 1. The van der Waals surface area contributed by atoms with Crippen LogP contribution in [0.15, 0.2) is 35.4 Å². The zero-order chi connectivity index (χ0) is 19.0. The molecule has 0 spiro atoms. The Kier molecular flexibility index (Phi) is 4.88. The number of rotatable bonds is 3. The molecular formula is C19H24N4O3S. The number of primary sulfonamides is 1. The Morgan fingerprint density at radius 3 is 2.41 bits per heavy atom. The highest BCUT2D eigenvalue weighted by atomic mass is 32.2. The summed E-state index contributed by atoms with van der Waals surface area (Å²) in [7, 11) is -3.87. The molecule has 0 bridgehead atoms. The van der Waals surface area contributed by atoms with Gasteiger partial charge in [-0.05, 0) is 25.0 Å². The second-order valence-corrected chi connectivity index (χ2v) is 8.85. The molecule has 2 fully saturated rings. The number of carbonyl (C=O) groups is 1. The molecule has 1 saturated carbocycles. The minimum Gasteiger partial charge on any atom is -0.335 e. The van der Waals surface area contributed by atoms with Crippen molar-refractivity contribution in [2.75, 3.05) is 26.2 Å². The number of amides is 1. The number of benzene rings is 1. The lowest BCUT2D eigenvalue weighted by Crippen LogP contribution is -2.51. The fourth-order valence-corrected chi connectivity index (χ4v) is 5.06. The molecule has 1 aromatic carbocycles. The first-order valence-electron chi connectivity index (χ1n) is 9.39. The normalized spacial score (nSPS) is 19.7. The minimum atomic E-state index is -3.87. The molecule has 27 heavy (non-hydrogen) atoms. The molecule has 2 N–H and O–H groups in total.